The highest BCUT2D eigenvalue weighted by molar-refractivity contribution is 9.10. The highest BCUT2D eigenvalue weighted by Crippen LogP contribution is 2.27. The first-order chi connectivity index (χ1) is 15.6. The van der Waals surface area contributed by atoms with Crippen LogP contribution in [-0.4, -0.2) is 21.0 Å². The number of anilines is 1. The van der Waals surface area contributed by atoms with Crippen molar-refractivity contribution < 1.29 is 9.21 Å². The fourth-order valence-electron chi connectivity index (χ4n) is 3.41. The minimum absolute atomic E-state index is 0.196. The van der Waals surface area contributed by atoms with Gasteiger partial charge in [-0.1, -0.05) is 36.4 Å². The molecule has 6 nitrogen and oxygen atoms in total. The summed E-state index contributed by atoms with van der Waals surface area (Å²) in [6, 6.07) is 20.6. The smallest absolute Gasteiger partial charge is 0.258 e. The first kappa shape index (κ1) is 20.3. The van der Waals surface area contributed by atoms with E-state index in [0.29, 0.717) is 28.2 Å². The van der Waals surface area contributed by atoms with Crippen molar-refractivity contribution in [3.05, 3.63) is 89.2 Å². The van der Waals surface area contributed by atoms with E-state index in [9.17, 15) is 4.79 Å². The van der Waals surface area contributed by atoms with E-state index < -0.39 is 0 Å². The van der Waals surface area contributed by atoms with E-state index in [1.165, 1.54) is 0 Å². The SMILES string of the molecule is O=C(NC(=S)Nc1ccc2oc(-c3cncc(Br)c3)nc2c1)c1cccc2ccccc12. The molecule has 0 saturated carbocycles. The Morgan fingerprint density at radius 1 is 1.00 bits per heavy atom. The van der Waals surface area contributed by atoms with Crippen molar-refractivity contribution in [2.24, 2.45) is 0 Å². The number of carbonyl (C=O) groups is 1. The van der Waals surface area contributed by atoms with E-state index in [-0.39, 0.29) is 11.0 Å². The third kappa shape index (κ3) is 4.10. The Kier molecular flexibility index (Phi) is 5.38. The number of oxazole rings is 1. The van der Waals surface area contributed by atoms with Gasteiger partial charge in [-0.15, -0.1) is 0 Å². The van der Waals surface area contributed by atoms with E-state index in [1.54, 1.807) is 24.5 Å². The number of fused-ring (bicyclic) bond motifs is 2. The maximum Gasteiger partial charge on any atom is 0.258 e. The van der Waals surface area contributed by atoms with Gasteiger partial charge >= 0.3 is 0 Å². The molecule has 0 fully saturated rings. The van der Waals surface area contributed by atoms with Gasteiger partial charge in [0.2, 0.25) is 5.89 Å². The number of nitrogens with one attached hydrogen (secondary N) is 2. The molecule has 156 valence electrons. The zero-order valence-electron chi connectivity index (χ0n) is 16.5. The Hall–Kier alpha value is -3.62. The number of rotatable bonds is 3. The number of nitrogens with zero attached hydrogens (tertiary/aromatic N) is 2. The molecule has 0 unspecified atom stereocenters. The predicted molar refractivity (Wildman–Crippen MR) is 133 cm³/mol. The molecule has 0 saturated heterocycles. The fourth-order valence-corrected chi connectivity index (χ4v) is 3.99. The zero-order chi connectivity index (χ0) is 22.1. The summed E-state index contributed by atoms with van der Waals surface area (Å²) in [6.07, 6.45) is 3.38. The number of pyridine rings is 1. The standard InChI is InChI=1S/C24H15BrN4O2S/c25-16-10-15(12-26-13-16)23-28-20-11-17(8-9-21(20)31-23)27-24(32)29-22(30)19-7-3-5-14-4-1-2-6-18(14)19/h1-13H,(H2,27,29,30,32). The van der Waals surface area contributed by atoms with Crippen molar-refractivity contribution in [3.63, 3.8) is 0 Å². The summed E-state index contributed by atoms with van der Waals surface area (Å²) in [4.78, 5) is 21.5. The Balaban J connectivity index is 1.33. The Morgan fingerprint density at radius 2 is 1.84 bits per heavy atom. The topological polar surface area (TPSA) is 80.0 Å². The van der Waals surface area contributed by atoms with E-state index in [1.807, 2.05) is 54.6 Å². The van der Waals surface area contributed by atoms with Gasteiger partial charge in [-0.3, -0.25) is 15.1 Å². The summed E-state index contributed by atoms with van der Waals surface area (Å²) in [6.45, 7) is 0. The molecule has 2 N–H and O–H groups in total. The first-order valence-corrected chi connectivity index (χ1v) is 10.9. The predicted octanol–water partition coefficient (Wildman–Crippen LogP) is 5.93. The summed E-state index contributed by atoms with van der Waals surface area (Å²) in [5.74, 6) is 0.198. The van der Waals surface area contributed by atoms with Crippen LogP contribution in [0.25, 0.3) is 33.3 Å². The molecule has 32 heavy (non-hydrogen) atoms. The second-order valence-electron chi connectivity index (χ2n) is 7.03. The molecule has 2 heterocycles. The van der Waals surface area contributed by atoms with Gasteiger partial charge in [0.15, 0.2) is 10.7 Å². The van der Waals surface area contributed by atoms with Crippen LogP contribution in [0.5, 0.6) is 0 Å². The van der Waals surface area contributed by atoms with Gasteiger partial charge in [0.1, 0.15) is 5.52 Å². The maximum absolute atomic E-state index is 12.8. The van der Waals surface area contributed by atoms with E-state index in [2.05, 4.69) is 36.5 Å². The van der Waals surface area contributed by atoms with Crippen LogP contribution >= 0.6 is 28.1 Å². The molecule has 0 radical (unpaired) electrons. The molecular weight excluding hydrogens is 488 g/mol. The van der Waals surface area contributed by atoms with E-state index in [4.69, 9.17) is 16.6 Å². The highest BCUT2D eigenvalue weighted by atomic mass is 79.9. The van der Waals surface area contributed by atoms with Gasteiger partial charge in [-0.2, -0.15) is 0 Å². The normalized spacial score (nSPS) is 10.9. The molecule has 0 spiro atoms. The lowest BCUT2D eigenvalue weighted by atomic mass is 10.0. The minimum Gasteiger partial charge on any atom is -0.436 e. The average Bonchev–Trinajstić information content (AvgIpc) is 3.22. The maximum atomic E-state index is 12.8. The molecule has 5 aromatic rings. The second kappa shape index (κ2) is 8.49. The van der Waals surface area contributed by atoms with Gasteiger partial charge in [-0.25, -0.2) is 4.98 Å². The molecule has 0 aliphatic heterocycles. The summed E-state index contributed by atoms with van der Waals surface area (Å²) >= 11 is 8.75. The summed E-state index contributed by atoms with van der Waals surface area (Å²) in [5.41, 5.74) is 3.31. The molecule has 8 heteroatoms. The molecule has 2 aromatic heterocycles. The summed E-state index contributed by atoms with van der Waals surface area (Å²) in [5, 5.41) is 7.84. The number of hydrogen-bond acceptors (Lipinski definition) is 5. The number of carbonyl (C=O) groups excluding carboxylic acids is 1. The van der Waals surface area contributed by atoms with Crippen LogP contribution in [0.1, 0.15) is 10.4 Å². The van der Waals surface area contributed by atoms with Crippen molar-refractivity contribution in [3.8, 4) is 11.5 Å². The third-order valence-corrected chi connectivity index (χ3v) is 5.50. The third-order valence-electron chi connectivity index (χ3n) is 4.86. The van der Waals surface area contributed by atoms with Crippen LogP contribution in [0.4, 0.5) is 5.69 Å². The van der Waals surface area contributed by atoms with Crippen LogP contribution in [-0.2, 0) is 0 Å². The van der Waals surface area contributed by atoms with Gasteiger partial charge in [-0.05, 0) is 69.3 Å². The van der Waals surface area contributed by atoms with Crippen molar-refractivity contribution >= 4 is 66.7 Å². The molecule has 3 aromatic carbocycles. The zero-order valence-corrected chi connectivity index (χ0v) is 18.9. The van der Waals surface area contributed by atoms with Crippen LogP contribution < -0.4 is 10.6 Å². The average molecular weight is 503 g/mol. The van der Waals surface area contributed by atoms with Crippen molar-refractivity contribution in [2.45, 2.75) is 0 Å². The summed E-state index contributed by atoms with van der Waals surface area (Å²) < 4.78 is 6.67. The van der Waals surface area contributed by atoms with E-state index >= 15 is 0 Å². The Labute approximate surface area is 196 Å². The van der Waals surface area contributed by atoms with Crippen molar-refractivity contribution in [1.82, 2.24) is 15.3 Å². The van der Waals surface area contributed by atoms with Crippen LogP contribution in [0.15, 0.2) is 88.0 Å². The first-order valence-electron chi connectivity index (χ1n) is 9.68. The lowest BCUT2D eigenvalue weighted by molar-refractivity contribution is 0.0979. The van der Waals surface area contributed by atoms with Gasteiger partial charge in [0.05, 0.1) is 5.56 Å². The monoisotopic (exact) mass is 502 g/mol. The Bertz CT molecular complexity index is 1490. The number of aromatic nitrogens is 2. The summed E-state index contributed by atoms with van der Waals surface area (Å²) in [7, 11) is 0. The number of thiocarbonyl (C=S) groups is 1. The fraction of sp³-hybridized carbons (Fsp3) is 0. The molecule has 0 aliphatic carbocycles. The molecular formula is C24H15BrN4O2S. The van der Waals surface area contributed by atoms with Crippen molar-refractivity contribution in [1.29, 1.82) is 0 Å². The quantitative estimate of drug-likeness (QED) is 0.297. The van der Waals surface area contributed by atoms with Crippen LogP contribution in [0.3, 0.4) is 0 Å². The molecule has 1 amide bonds. The largest absolute Gasteiger partial charge is 0.436 e. The number of benzene rings is 3. The minimum atomic E-state index is -0.272. The van der Waals surface area contributed by atoms with Crippen LogP contribution in [0.2, 0.25) is 0 Å². The van der Waals surface area contributed by atoms with Gasteiger partial charge < -0.3 is 9.73 Å². The van der Waals surface area contributed by atoms with Crippen LogP contribution in [0, 0.1) is 0 Å². The van der Waals surface area contributed by atoms with E-state index in [0.717, 1.165) is 20.8 Å². The number of halogens is 1. The molecule has 0 bridgehead atoms. The highest BCUT2D eigenvalue weighted by Gasteiger charge is 2.13. The lowest BCUT2D eigenvalue weighted by Gasteiger charge is -2.11. The Morgan fingerprint density at radius 3 is 2.72 bits per heavy atom. The molecule has 0 atom stereocenters. The number of amides is 1. The molecule has 0 aliphatic rings. The second-order valence-corrected chi connectivity index (χ2v) is 8.35. The molecule has 5 rings (SSSR count). The lowest BCUT2D eigenvalue weighted by Crippen LogP contribution is -2.34. The van der Waals surface area contributed by atoms with Crippen molar-refractivity contribution in [2.75, 3.05) is 5.32 Å². The van der Waals surface area contributed by atoms with Gasteiger partial charge in [0.25, 0.3) is 5.91 Å². The number of hydrogen-bond donors (Lipinski definition) is 2. The van der Waals surface area contributed by atoms with Gasteiger partial charge in [0, 0.05) is 28.1 Å².